The largest absolute Gasteiger partial charge is 0.497 e. The standard InChI is InChI=1S/C23H31N3O5S/c1-5-22(31-21-12-6-18(7-13-21)24(2)32(4,28)29)23(27)26-16-14-25(15-17-26)19-8-10-20(30-3)11-9-19/h6-13,22H,5,14-17H2,1-4H3/t22-/m1/s1. The number of rotatable bonds is 8. The Hall–Kier alpha value is -2.94. The number of carbonyl (C=O) groups excluding carboxylic acids is 1. The van der Waals surface area contributed by atoms with Gasteiger partial charge in [0.1, 0.15) is 11.5 Å². The number of sulfonamides is 1. The molecule has 0 radical (unpaired) electrons. The van der Waals surface area contributed by atoms with Crippen LogP contribution in [0.5, 0.6) is 11.5 Å². The van der Waals surface area contributed by atoms with E-state index in [2.05, 4.69) is 4.90 Å². The summed E-state index contributed by atoms with van der Waals surface area (Å²) in [5, 5.41) is 0. The molecule has 174 valence electrons. The molecule has 0 saturated carbocycles. The van der Waals surface area contributed by atoms with E-state index in [1.807, 2.05) is 36.1 Å². The van der Waals surface area contributed by atoms with E-state index in [4.69, 9.17) is 9.47 Å². The first-order chi connectivity index (χ1) is 15.2. The average molecular weight is 462 g/mol. The number of ether oxygens (including phenoxy) is 2. The molecule has 1 aliphatic rings. The van der Waals surface area contributed by atoms with Gasteiger partial charge in [-0.1, -0.05) is 6.92 Å². The van der Waals surface area contributed by atoms with Gasteiger partial charge < -0.3 is 19.3 Å². The number of amides is 1. The number of anilines is 2. The predicted octanol–water partition coefficient (Wildman–Crippen LogP) is 2.60. The summed E-state index contributed by atoms with van der Waals surface area (Å²) < 4.78 is 35.7. The monoisotopic (exact) mass is 461 g/mol. The molecule has 3 rings (SSSR count). The number of nitrogens with zero attached hydrogens (tertiary/aromatic N) is 3. The Morgan fingerprint density at radius 1 is 1.00 bits per heavy atom. The van der Waals surface area contributed by atoms with Crippen molar-refractivity contribution in [2.45, 2.75) is 19.4 Å². The van der Waals surface area contributed by atoms with Crippen molar-refractivity contribution in [1.82, 2.24) is 4.90 Å². The fourth-order valence-electron chi connectivity index (χ4n) is 3.58. The van der Waals surface area contributed by atoms with Gasteiger partial charge in [-0.15, -0.1) is 0 Å². The maximum absolute atomic E-state index is 13.0. The Labute approximate surface area is 190 Å². The molecule has 0 spiro atoms. The molecule has 1 aliphatic heterocycles. The van der Waals surface area contributed by atoms with Crippen LogP contribution in [-0.4, -0.2) is 71.9 Å². The van der Waals surface area contributed by atoms with Crippen LogP contribution >= 0.6 is 0 Å². The average Bonchev–Trinajstić information content (AvgIpc) is 2.81. The fraction of sp³-hybridized carbons (Fsp3) is 0.435. The summed E-state index contributed by atoms with van der Waals surface area (Å²) >= 11 is 0. The molecule has 0 aliphatic carbocycles. The summed E-state index contributed by atoms with van der Waals surface area (Å²) in [7, 11) is -0.189. The van der Waals surface area contributed by atoms with E-state index in [1.165, 1.54) is 11.4 Å². The molecule has 0 bridgehead atoms. The molecule has 8 nitrogen and oxygen atoms in total. The minimum atomic E-state index is -3.33. The van der Waals surface area contributed by atoms with Crippen molar-refractivity contribution in [3.05, 3.63) is 48.5 Å². The van der Waals surface area contributed by atoms with Crippen LogP contribution in [-0.2, 0) is 14.8 Å². The van der Waals surface area contributed by atoms with Gasteiger partial charge in [0.15, 0.2) is 6.10 Å². The molecule has 1 atom stereocenters. The summed E-state index contributed by atoms with van der Waals surface area (Å²) in [6.45, 7) is 4.68. The minimum absolute atomic E-state index is 0.0285. The van der Waals surface area contributed by atoms with Crippen LogP contribution in [0.25, 0.3) is 0 Å². The van der Waals surface area contributed by atoms with Crippen molar-refractivity contribution < 1.29 is 22.7 Å². The second-order valence-electron chi connectivity index (χ2n) is 7.75. The highest BCUT2D eigenvalue weighted by molar-refractivity contribution is 7.92. The Balaban J connectivity index is 1.58. The molecule has 9 heteroatoms. The normalized spacial score (nSPS) is 15.2. The lowest BCUT2D eigenvalue weighted by molar-refractivity contribution is -0.139. The van der Waals surface area contributed by atoms with Gasteiger partial charge in [-0.05, 0) is 55.0 Å². The lowest BCUT2D eigenvalue weighted by Gasteiger charge is -2.37. The molecule has 32 heavy (non-hydrogen) atoms. The van der Waals surface area contributed by atoms with Gasteiger partial charge >= 0.3 is 0 Å². The topological polar surface area (TPSA) is 79.4 Å². The first kappa shape index (κ1) is 23.7. The second-order valence-corrected chi connectivity index (χ2v) is 9.76. The highest BCUT2D eigenvalue weighted by atomic mass is 32.2. The molecular weight excluding hydrogens is 430 g/mol. The van der Waals surface area contributed by atoms with E-state index in [1.54, 1.807) is 31.4 Å². The molecule has 2 aromatic carbocycles. The first-order valence-corrected chi connectivity index (χ1v) is 12.5. The van der Waals surface area contributed by atoms with Crippen molar-refractivity contribution in [3.8, 4) is 11.5 Å². The van der Waals surface area contributed by atoms with Crippen molar-refractivity contribution in [1.29, 1.82) is 0 Å². The van der Waals surface area contributed by atoms with Crippen molar-refractivity contribution in [3.63, 3.8) is 0 Å². The summed E-state index contributed by atoms with van der Waals surface area (Å²) in [5.74, 6) is 1.33. The van der Waals surface area contributed by atoms with Gasteiger partial charge in [0.05, 0.1) is 19.1 Å². The highest BCUT2D eigenvalue weighted by Crippen LogP contribution is 2.23. The van der Waals surface area contributed by atoms with Crippen molar-refractivity contribution >= 4 is 27.3 Å². The molecule has 0 N–H and O–H groups in total. The van der Waals surface area contributed by atoms with Gasteiger partial charge in [-0.2, -0.15) is 0 Å². The third-order valence-electron chi connectivity index (χ3n) is 5.65. The maximum Gasteiger partial charge on any atom is 0.263 e. The highest BCUT2D eigenvalue weighted by Gasteiger charge is 2.28. The first-order valence-electron chi connectivity index (χ1n) is 10.6. The van der Waals surface area contributed by atoms with Crippen LogP contribution in [0.3, 0.4) is 0 Å². The van der Waals surface area contributed by atoms with E-state index >= 15 is 0 Å². The number of hydrogen-bond donors (Lipinski definition) is 0. The Kier molecular flexibility index (Phi) is 7.50. The summed E-state index contributed by atoms with van der Waals surface area (Å²) in [6, 6.07) is 14.6. The van der Waals surface area contributed by atoms with Gasteiger partial charge in [-0.3, -0.25) is 9.10 Å². The third kappa shape index (κ3) is 5.64. The van der Waals surface area contributed by atoms with Gasteiger partial charge in [0.25, 0.3) is 5.91 Å². The van der Waals surface area contributed by atoms with Gasteiger partial charge in [0.2, 0.25) is 10.0 Å². The van der Waals surface area contributed by atoms with Crippen LogP contribution in [0.15, 0.2) is 48.5 Å². The van der Waals surface area contributed by atoms with E-state index in [0.29, 0.717) is 30.9 Å². The molecule has 1 saturated heterocycles. The molecule has 0 aromatic heterocycles. The van der Waals surface area contributed by atoms with E-state index in [9.17, 15) is 13.2 Å². The molecule has 1 heterocycles. The zero-order chi connectivity index (χ0) is 23.3. The zero-order valence-corrected chi connectivity index (χ0v) is 19.8. The number of carbonyl (C=O) groups is 1. The van der Waals surface area contributed by atoms with Crippen LogP contribution in [0.1, 0.15) is 13.3 Å². The lowest BCUT2D eigenvalue weighted by atomic mass is 10.2. The predicted molar refractivity (Wildman–Crippen MR) is 126 cm³/mol. The number of hydrogen-bond acceptors (Lipinski definition) is 6. The number of benzene rings is 2. The van der Waals surface area contributed by atoms with Crippen molar-refractivity contribution in [2.75, 3.05) is 55.8 Å². The quantitative estimate of drug-likeness (QED) is 0.601. The molecule has 1 fully saturated rings. The van der Waals surface area contributed by atoms with Gasteiger partial charge in [-0.25, -0.2) is 8.42 Å². The Morgan fingerprint density at radius 2 is 1.56 bits per heavy atom. The summed E-state index contributed by atoms with van der Waals surface area (Å²) in [6.07, 6.45) is 1.11. The minimum Gasteiger partial charge on any atom is -0.497 e. The molecule has 2 aromatic rings. The van der Waals surface area contributed by atoms with E-state index in [0.717, 1.165) is 30.8 Å². The zero-order valence-electron chi connectivity index (χ0n) is 19.0. The molecular formula is C23H31N3O5S. The molecule has 1 amide bonds. The molecule has 0 unspecified atom stereocenters. The smallest absolute Gasteiger partial charge is 0.263 e. The fourth-order valence-corrected chi connectivity index (χ4v) is 4.09. The maximum atomic E-state index is 13.0. The van der Waals surface area contributed by atoms with Gasteiger partial charge in [0, 0.05) is 38.9 Å². The summed E-state index contributed by atoms with van der Waals surface area (Å²) in [5.41, 5.74) is 1.65. The van der Waals surface area contributed by atoms with E-state index in [-0.39, 0.29) is 5.91 Å². The van der Waals surface area contributed by atoms with Crippen molar-refractivity contribution in [2.24, 2.45) is 0 Å². The third-order valence-corrected chi connectivity index (χ3v) is 6.86. The van der Waals surface area contributed by atoms with E-state index < -0.39 is 16.1 Å². The number of methoxy groups -OCH3 is 1. The van der Waals surface area contributed by atoms with Crippen LogP contribution < -0.4 is 18.7 Å². The number of piperazine rings is 1. The van der Waals surface area contributed by atoms with Crippen LogP contribution in [0.4, 0.5) is 11.4 Å². The Bertz CT molecular complexity index is 1000. The second kappa shape index (κ2) is 10.1. The summed E-state index contributed by atoms with van der Waals surface area (Å²) in [4.78, 5) is 17.1. The SMILES string of the molecule is CC[C@@H](Oc1ccc(N(C)S(C)(=O)=O)cc1)C(=O)N1CCN(c2ccc(OC)cc2)CC1. The lowest BCUT2D eigenvalue weighted by Crippen LogP contribution is -2.52. The van der Waals surface area contributed by atoms with Crippen LogP contribution in [0, 0.1) is 0 Å². The Morgan fingerprint density at radius 3 is 2.06 bits per heavy atom. The van der Waals surface area contributed by atoms with Crippen LogP contribution in [0.2, 0.25) is 0 Å².